The van der Waals surface area contributed by atoms with Crippen LogP contribution in [0.15, 0.2) is 72.4 Å². The maximum Gasteiger partial charge on any atom is 0.282 e. The molecule has 0 bridgehead atoms. The van der Waals surface area contributed by atoms with Crippen molar-refractivity contribution in [3.8, 4) is 11.5 Å². The van der Waals surface area contributed by atoms with E-state index in [1.807, 2.05) is 13.8 Å². The number of halogens is 2. The van der Waals surface area contributed by atoms with Crippen LogP contribution >= 0.6 is 0 Å². The Labute approximate surface area is 195 Å². The molecule has 0 unspecified atom stereocenters. The fraction of sp³-hybridized carbons (Fsp3) is 0.154. The summed E-state index contributed by atoms with van der Waals surface area (Å²) in [6.07, 6.45) is 0. The minimum absolute atomic E-state index is 0.00698. The van der Waals surface area contributed by atoms with Crippen molar-refractivity contribution in [2.24, 2.45) is 0 Å². The number of hydrogen-bond acceptors (Lipinski definition) is 5. The standard InChI is InChI=1S/C26H22F2N2O4/c1-3-33-21-13-10-17(14-22(21)34-4-2)29-24-23(16-8-6-5-7-9-16)25(31)30(26(24)32)18-11-12-19(27)20(28)15-18/h5-15,29H,3-4H2,1-2H3. The lowest BCUT2D eigenvalue weighted by Crippen LogP contribution is -2.32. The molecule has 0 radical (unpaired) electrons. The van der Waals surface area contributed by atoms with Gasteiger partial charge in [-0.05, 0) is 43.7 Å². The molecule has 1 aliphatic heterocycles. The van der Waals surface area contributed by atoms with Crippen LogP contribution in [0.4, 0.5) is 20.2 Å². The second-order valence-corrected chi connectivity index (χ2v) is 7.31. The minimum Gasteiger partial charge on any atom is -0.490 e. The van der Waals surface area contributed by atoms with Crippen LogP contribution in [0.2, 0.25) is 0 Å². The van der Waals surface area contributed by atoms with E-state index in [9.17, 15) is 18.4 Å². The van der Waals surface area contributed by atoms with Crippen LogP contribution in [0.5, 0.6) is 11.5 Å². The number of ether oxygens (including phenoxy) is 2. The van der Waals surface area contributed by atoms with Crippen molar-refractivity contribution in [3.05, 3.63) is 89.6 Å². The molecule has 0 spiro atoms. The van der Waals surface area contributed by atoms with Gasteiger partial charge in [0.15, 0.2) is 23.1 Å². The van der Waals surface area contributed by atoms with Gasteiger partial charge in [-0.1, -0.05) is 30.3 Å². The molecule has 34 heavy (non-hydrogen) atoms. The largest absolute Gasteiger partial charge is 0.490 e. The van der Waals surface area contributed by atoms with Crippen molar-refractivity contribution in [2.75, 3.05) is 23.4 Å². The van der Waals surface area contributed by atoms with E-state index in [0.29, 0.717) is 36.0 Å². The highest BCUT2D eigenvalue weighted by Gasteiger charge is 2.40. The fourth-order valence-electron chi connectivity index (χ4n) is 3.65. The summed E-state index contributed by atoms with van der Waals surface area (Å²) < 4.78 is 38.6. The molecule has 0 aromatic heterocycles. The third kappa shape index (κ3) is 4.34. The van der Waals surface area contributed by atoms with E-state index in [1.54, 1.807) is 48.5 Å². The summed E-state index contributed by atoms with van der Waals surface area (Å²) in [5.41, 5.74) is 1.04. The predicted molar refractivity (Wildman–Crippen MR) is 125 cm³/mol. The molecule has 3 aromatic rings. The van der Waals surface area contributed by atoms with Crippen molar-refractivity contribution >= 4 is 28.8 Å². The Morgan fingerprint density at radius 1 is 0.794 bits per heavy atom. The van der Waals surface area contributed by atoms with Gasteiger partial charge in [-0.3, -0.25) is 9.59 Å². The minimum atomic E-state index is -1.16. The molecule has 8 heteroatoms. The van der Waals surface area contributed by atoms with Gasteiger partial charge < -0.3 is 14.8 Å². The SMILES string of the molecule is CCOc1ccc(NC2=C(c3ccccc3)C(=O)N(c3ccc(F)c(F)c3)C2=O)cc1OCC. The zero-order valence-corrected chi connectivity index (χ0v) is 18.6. The number of nitrogens with zero attached hydrogens (tertiary/aromatic N) is 1. The molecule has 0 saturated carbocycles. The first-order chi connectivity index (χ1) is 16.4. The maximum atomic E-state index is 13.9. The van der Waals surface area contributed by atoms with E-state index in [4.69, 9.17) is 9.47 Å². The van der Waals surface area contributed by atoms with E-state index >= 15 is 0 Å². The van der Waals surface area contributed by atoms with Crippen LogP contribution in [-0.4, -0.2) is 25.0 Å². The molecular weight excluding hydrogens is 442 g/mol. The molecule has 1 N–H and O–H groups in total. The highest BCUT2D eigenvalue weighted by molar-refractivity contribution is 6.46. The van der Waals surface area contributed by atoms with Crippen molar-refractivity contribution in [3.63, 3.8) is 0 Å². The van der Waals surface area contributed by atoms with Gasteiger partial charge in [0.1, 0.15) is 5.70 Å². The third-order valence-corrected chi connectivity index (χ3v) is 5.12. The number of imide groups is 1. The smallest absolute Gasteiger partial charge is 0.282 e. The van der Waals surface area contributed by atoms with Gasteiger partial charge in [-0.15, -0.1) is 0 Å². The molecule has 0 aliphatic carbocycles. The number of carbonyl (C=O) groups is 2. The lowest BCUT2D eigenvalue weighted by Gasteiger charge is -2.16. The van der Waals surface area contributed by atoms with Crippen molar-refractivity contribution < 1.29 is 27.8 Å². The first kappa shape index (κ1) is 23.0. The van der Waals surface area contributed by atoms with Crippen LogP contribution < -0.4 is 19.7 Å². The van der Waals surface area contributed by atoms with Crippen molar-refractivity contribution in [2.45, 2.75) is 13.8 Å². The second kappa shape index (κ2) is 9.74. The molecule has 0 saturated heterocycles. The summed E-state index contributed by atoms with van der Waals surface area (Å²) in [5.74, 6) is -2.55. The zero-order chi connectivity index (χ0) is 24.2. The number of rotatable bonds is 8. The highest BCUT2D eigenvalue weighted by atomic mass is 19.2. The number of nitrogens with one attached hydrogen (secondary N) is 1. The van der Waals surface area contributed by atoms with Crippen molar-refractivity contribution in [1.29, 1.82) is 0 Å². The fourth-order valence-corrected chi connectivity index (χ4v) is 3.65. The van der Waals surface area contributed by atoms with Gasteiger partial charge in [-0.2, -0.15) is 0 Å². The summed E-state index contributed by atoms with van der Waals surface area (Å²) in [5, 5.41) is 3.03. The molecular formula is C26H22F2N2O4. The lowest BCUT2D eigenvalue weighted by molar-refractivity contribution is -0.120. The van der Waals surface area contributed by atoms with Crippen LogP contribution in [0.3, 0.4) is 0 Å². The van der Waals surface area contributed by atoms with Crippen LogP contribution in [0.1, 0.15) is 19.4 Å². The van der Waals surface area contributed by atoms with Crippen LogP contribution in [0, 0.1) is 11.6 Å². The lowest BCUT2D eigenvalue weighted by atomic mass is 10.0. The molecule has 3 aromatic carbocycles. The predicted octanol–water partition coefficient (Wildman–Crippen LogP) is 5.16. The summed E-state index contributed by atoms with van der Waals surface area (Å²) in [6.45, 7) is 4.55. The Hall–Kier alpha value is -4.20. The number of benzene rings is 3. The van der Waals surface area contributed by atoms with Crippen LogP contribution in [0.25, 0.3) is 5.57 Å². The Kier molecular flexibility index (Phi) is 6.58. The topological polar surface area (TPSA) is 67.9 Å². The average molecular weight is 464 g/mol. The Morgan fingerprint density at radius 3 is 2.18 bits per heavy atom. The van der Waals surface area contributed by atoms with Gasteiger partial charge in [0.05, 0.1) is 24.5 Å². The summed E-state index contributed by atoms with van der Waals surface area (Å²) >= 11 is 0. The number of amides is 2. The normalized spacial score (nSPS) is 13.5. The molecule has 6 nitrogen and oxygen atoms in total. The molecule has 1 aliphatic rings. The quantitative estimate of drug-likeness (QED) is 0.467. The Balaban J connectivity index is 1.78. The van der Waals surface area contributed by atoms with E-state index in [2.05, 4.69) is 5.32 Å². The third-order valence-electron chi connectivity index (χ3n) is 5.12. The van der Waals surface area contributed by atoms with Gasteiger partial charge in [0.25, 0.3) is 11.8 Å². The van der Waals surface area contributed by atoms with Gasteiger partial charge in [-0.25, -0.2) is 13.7 Å². The van der Waals surface area contributed by atoms with Gasteiger partial charge >= 0.3 is 0 Å². The number of carbonyl (C=O) groups excluding carboxylic acids is 2. The summed E-state index contributed by atoms with van der Waals surface area (Å²) in [7, 11) is 0. The van der Waals surface area contributed by atoms with Crippen molar-refractivity contribution in [1.82, 2.24) is 0 Å². The van der Waals surface area contributed by atoms with Gasteiger partial charge in [0, 0.05) is 17.8 Å². The molecule has 1 heterocycles. The first-order valence-electron chi connectivity index (χ1n) is 10.7. The highest BCUT2D eigenvalue weighted by Crippen LogP contribution is 2.36. The molecule has 2 amide bonds. The Morgan fingerprint density at radius 2 is 1.50 bits per heavy atom. The number of anilines is 2. The molecule has 0 fully saturated rings. The van der Waals surface area contributed by atoms with E-state index in [0.717, 1.165) is 17.0 Å². The van der Waals surface area contributed by atoms with Crippen LogP contribution in [-0.2, 0) is 9.59 Å². The zero-order valence-electron chi connectivity index (χ0n) is 18.6. The average Bonchev–Trinajstić information content (AvgIpc) is 3.07. The van der Waals surface area contributed by atoms with E-state index in [1.165, 1.54) is 6.07 Å². The maximum absolute atomic E-state index is 13.9. The molecule has 174 valence electrons. The van der Waals surface area contributed by atoms with Gasteiger partial charge in [0.2, 0.25) is 0 Å². The Bertz CT molecular complexity index is 1280. The summed E-state index contributed by atoms with van der Waals surface area (Å²) in [4.78, 5) is 27.6. The second-order valence-electron chi connectivity index (χ2n) is 7.31. The number of hydrogen-bond donors (Lipinski definition) is 1. The monoisotopic (exact) mass is 464 g/mol. The van der Waals surface area contributed by atoms with E-state index in [-0.39, 0.29) is 17.0 Å². The first-order valence-corrected chi connectivity index (χ1v) is 10.7. The molecule has 0 atom stereocenters. The molecule has 4 rings (SSSR count). The van der Waals surface area contributed by atoms with E-state index < -0.39 is 23.4 Å². The summed E-state index contributed by atoms with van der Waals surface area (Å²) in [6, 6.07) is 16.6.